The van der Waals surface area contributed by atoms with Gasteiger partial charge < -0.3 is 20.8 Å². The molecule has 1 fully saturated rings. The highest BCUT2D eigenvalue weighted by Gasteiger charge is 2.37. The highest BCUT2D eigenvalue weighted by molar-refractivity contribution is 7.09. The summed E-state index contributed by atoms with van der Waals surface area (Å²) < 4.78 is 0. The van der Waals surface area contributed by atoms with E-state index in [0.717, 1.165) is 29.8 Å². The predicted octanol–water partition coefficient (Wildman–Crippen LogP) is 3.53. The van der Waals surface area contributed by atoms with E-state index in [0.29, 0.717) is 32.5 Å². The minimum atomic E-state index is -0.816. The van der Waals surface area contributed by atoms with E-state index in [1.165, 1.54) is 4.88 Å². The number of thiophene rings is 1. The van der Waals surface area contributed by atoms with Crippen molar-refractivity contribution in [3.63, 3.8) is 0 Å². The van der Waals surface area contributed by atoms with Crippen LogP contribution < -0.4 is 10.6 Å². The Morgan fingerprint density at radius 2 is 1.77 bits per heavy atom. The van der Waals surface area contributed by atoms with Crippen LogP contribution in [0.4, 0.5) is 0 Å². The second kappa shape index (κ2) is 14.3. The molecular formula is C35H46N4O4S. The number of fused-ring (bicyclic) bond motifs is 1. The number of carbonyl (C=O) groups is 2. The number of amides is 2. The van der Waals surface area contributed by atoms with Crippen LogP contribution in [-0.2, 0) is 29.0 Å². The molecule has 9 heteroatoms. The molecule has 1 saturated heterocycles. The molecule has 236 valence electrons. The molecule has 4 N–H and O–H groups in total. The van der Waals surface area contributed by atoms with Gasteiger partial charge in [0.2, 0.25) is 11.8 Å². The van der Waals surface area contributed by atoms with Crippen LogP contribution in [0.25, 0.3) is 0 Å². The normalized spacial score (nSPS) is 22.2. The molecule has 44 heavy (non-hydrogen) atoms. The minimum absolute atomic E-state index is 0.0481. The molecule has 2 heterocycles. The average molecular weight is 619 g/mol. The van der Waals surface area contributed by atoms with E-state index in [-0.39, 0.29) is 23.8 Å². The summed E-state index contributed by atoms with van der Waals surface area (Å²) in [6, 6.07) is 20.9. The number of nitrogens with zero attached hydrogens (tertiary/aromatic N) is 2. The van der Waals surface area contributed by atoms with E-state index in [2.05, 4.69) is 31.9 Å². The SMILES string of the molecule is CC(C)(C)NC(=O)[C@@H]1CN(Cc2cccs2)CCN1C[C@@H](O)C[C@@H](Cc1ccccc1)C(=O)N[C@H]1c2ccccc2C[C@H]1O. The number of β-amino-alcohol motifs (C(OH)–C–C–N with tert-alkyl or cyclic N) is 1. The lowest BCUT2D eigenvalue weighted by molar-refractivity contribution is -0.132. The molecule has 1 aliphatic heterocycles. The van der Waals surface area contributed by atoms with Crippen molar-refractivity contribution < 1.29 is 19.8 Å². The van der Waals surface area contributed by atoms with Crippen LogP contribution >= 0.6 is 11.3 Å². The van der Waals surface area contributed by atoms with Gasteiger partial charge in [0.15, 0.2) is 0 Å². The van der Waals surface area contributed by atoms with E-state index in [4.69, 9.17) is 0 Å². The largest absolute Gasteiger partial charge is 0.392 e. The van der Waals surface area contributed by atoms with Gasteiger partial charge in [0.1, 0.15) is 6.04 Å². The first kappa shape index (κ1) is 32.3. The summed E-state index contributed by atoms with van der Waals surface area (Å²) in [5.74, 6) is -0.737. The zero-order chi connectivity index (χ0) is 31.3. The van der Waals surface area contributed by atoms with Crippen molar-refractivity contribution in [3.8, 4) is 0 Å². The number of carbonyl (C=O) groups excluding carboxylic acids is 2. The topological polar surface area (TPSA) is 105 Å². The van der Waals surface area contributed by atoms with E-state index < -0.39 is 30.2 Å². The van der Waals surface area contributed by atoms with Crippen LogP contribution in [0.1, 0.15) is 54.8 Å². The van der Waals surface area contributed by atoms with Crippen LogP contribution in [-0.4, -0.2) is 81.8 Å². The molecule has 0 unspecified atom stereocenters. The zero-order valence-electron chi connectivity index (χ0n) is 26.0. The van der Waals surface area contributed by atoms with Crippen molar-refractivity contribution in [3.05, 3.63) is 93.7 Å². The smallest absolute Gasteiger partial charge is 0.239 e. The van der Waals surface area contributed by atoms with Crippen molar-refractivity contribution in [2.45, 2.75) is 76.4 Å². The van der Waals surface area contributed by atoms with Gasteiger partial charge in [-0.25, -0.2) is 0 Å². The molecule has 0 bridgehead atoms. The molecule has 0 saturated carbocycles. The van der Waals surface area contributed by atoms with Crippen LogP contribution in [0.5, 0.6) is 0 Å². The average Bonchev–Trinajstić information content (AvgIpc) is 3.60. The van der Waals surface area contributed by atoms with Gasteiger partial charge in [-0.2, -0.15) is 0 Å². The first-order chi connectivity index (χ1) is 21.1. The van der Waals surface area contributed by atoms with Crippen molar-refractivity contribution in [2.24, 2.45) is 5.92 Å². The summed E-state index contributed by atoms with van der Waals surface area (Å²) in [7, 11) is 0. The Hall–Kier alpha value is -3.08. The van der Waals surface area contributed by atoms with Crippen molar-refractivity contribution in [2.75, 3.05) is 26.2 Å². The third kappa shape index (κ3) is 8.55. The number of benzene rings is 2. The molecule has 1 aliphatic carbocycles. The Labute approximate surface area is 265 Å². The van der Waals surface area contributed by atoms with Crippen LogP contribution in [0.2, 0.25) is 0 Å². The Morgan fingerprint density at radius 1 is 1.02 bits per heavy atom. The number of nitrogens with one attached hydrogen (secondary N) is 2. The maximum absolute atomic E-state index is 13.8. The van der Waals surface area contributed by atoms with Gasteiger partial charge in [-0.3, -0.25) is 19.4 Å². The lowest BCUT2D eigenvalue weighted by atomic mass is 9.91. The minimum Gasteiger partial charge on any atom is -0.392 e. The Bertz CT molecular complexity index is 1380. The number of hydrogen-bond donors (Lipinski definition) is 4. The molecule has 8 nitrogen and oxygen atoms in total. The number of aliphatic hydroxyl groups is 2. The highest BCUT2D eigenvalue weighted by Crippen LogP contribution is 2.32. The third-order valence-corrected chi connectivity index (χ3v) is 9.40. The van der Waals surface area contributed by atoms with E-state index in [9.17, 15) is 19.8 Å². The maximum Gasteiger partial charge on any atom is 0.239 e. The molecule has 2 aliphatic rings. The summed E-state index contributed by atoms with van der Waals surface area (Å²) in [6.07, 6.45) is -0.288. The van der Waals surface area contributed by atoms with E-state index in [1.807, 2.05) is 81.4 Å². The molecule has 2 aromatic carbocycles. The highest BCUT2D eigenvalue weighted by atomic mass is 32.1. The molecule has 2 amide bonds. The second-order valence-corrected chi connectivity index (χ2v) is 14.3. The summed E-state index contributed by atoms with van der Waals surface area (Å²) in [6.45, 7) is 9.02. The molecule has 0 radical (unpaired) electrons. The molecule has 0 spiro atoms. The predicted molar refractivity (Wildman–Crippen MR) is 174 cm³/mol. The Balaban J connectivity index is 1.28. The van der Waals surface area contributed by atoms with Gasteiger partial charge >= 0.3 is 0 Å². The van der Waals surface area contributed by atoms with Gasteiger partial charge in [-0.1, -0.05) is 60.7 Å². The van der Waals surface area contributed by atoms with Gasteiger partial charge in [0.25, 0.3) is 0 Å². The van der Waals surface area contributed by atoms with Crippen LogP contribution in [0.15, 0.2) is 72.1 Å². The van der Waals surface area contributed by atoms with Gasteiger partial charge in [-0.15, -0.1) is 11.3 Å². The Kier molecular flexibility index (Phi) is 10.5. The standard InChI is InChI=1S/C35H46N4O4S/c1-35(2,3)37-34(43)30-23-38(22-28-13-9-17-44-28)15-16-39(30)21-27(40)19-26(18-24-10-5-4-6-11-24)33(42)36-32-29-14-8-7-12-25(29)20-31(32)41/h4-14,17,26-27,30-32,40-41H,15-16,18-23H2,1-3H3,(H,36,42)(H,37,43)/t26-,27+,30+,31-,32+/m1/s1. The molecular weight excluding hydrogens is 572 g/mol. The van der Waals surface area contributed by atoms with Gasteiger partial charge in [0, 0.05) is 55.5 Å². The number of hydrogen-bond acceptors (Lipinski definition) is 7. The fraction of sp³-hybridized carbons (Fsp3) is 0.486. The second-order valence-electron chi connectivity index (χ2n) is 13.3. The number of piperazine rings is 1. The number of aliphatic hydroxyl groups excluding tert-OH is 2. The maximum atomic E-state index is 13.8. The van der Waals surface area contributed by atoms with Crippen molar-refractivity contribution in [1.82, 2.24) is 20.4 Å². The van der Waals surface area contributed by atoms with E-state index >= 15 is 0 Å². The van der Waals surface area contributed by atoms with Crippen LogP contribution in [0.3, 0.4) is 0 Å². The van der Waals surface area contributed by atoms with Crippen molar-refractivity contribution >= 4 is 23.2 Å². The number of rotatable bonds is 11. The van der Waals surface area contributed by atoms with Crippen LogP contribution in [0, 0.1) is 5.92 Å². The first-order valence-electron chi connectivity index (χ1n) is 15.6. The van der Waals surface area contributed by atoms with E-state index in [1.54, 1.807) is 11.3 Å². The fourth-order valence-electron chi connectivity index (χ4n) is 6.44. The molecule has 3 aromatic rings. The third-order valence-electron chi connectivity index (χ3n) is 8.54. The van der Waals surface area contributed by atoms with Gasteiger partial charge in [-0.05, 0) is 61.7 Å². The Morgan fingerprint density at radius 3 is 2.50 bits per heavy atom. The first-order valence-corrected chi connectivity index (χ1v) is 16.5. The lowest BCUT2D eigenvalue weighted by Gasteiger charge is -2.42. The summed E-state index contributed by atoms with van der Waals surface area (Å²) in [5, 5.41) is 30.6. The fourth-order valence-corrected chi connectivity index (χ4v) is 7.18. The van der Waals surface area contributed by atoms with Gasteiger partial charge in [0.05, 0.1) is 18.2 Å². The molecule has 5 atom stereocenters. The quantitative estimate of drug-likeness (QED) is 0.262. The summed E-state index contributed by atoms with van der Waals surface area (Å²) >= 11 is 1.72. The summed E-state index contributed by atoms with van der Waals surface area (Å²) in [5.41, 5.74) is 2.62. The molecule has 1 aromatic heterocycles. The molecule has 5 rings (SSSR count). The van der Waals surface area contributed by atoms with Crippen molar-refractivity contribution in [1.29, 1.82) is 0 Å². The lowest BCUT2D eigenvalue weighted by Crippen LogP contribution is -2.61. The monoisotopic (exact) mass is 618 g/mol. The zero-order valence-corrected chi connectivity index (χ0v) is 26.8. The summed E-state index contributed by atoms with van der Waals surface area (Å²) in [4.78, 5) is 32.9.